The molecule has 2 nitrogen and oxygen atoms in total. The number of halogens is 1. The molecule has 0 unspecified atom stereocenters. The molecule has 1 aromatic heterocycles. The average molecular weight is 367 g/mol. The van der Waals surface area contributed by atoms with Crippen molar-refractivity contribution in [3.63, 3.8) is 0 Å². The standard InChI is InChI=1S/C20H19BrN2/c1-14-9-7-8-12-19(14)22-13-18-15(2)23(16(3)20(18)21)17-10-5-4-6-11-17/h4-13H,1-3H3. The minimum Gasteiger partial charge on any atom is -0.317 e. The van der Waals surface area contributed by atoms with E-state index in [-0.39, 0.29) is 0 Å². The summed E-state index contributed by atoms with van der Waals surface area (Å²) in [4.78, 5) is 4.68. The molecule has 0 radical (unpaired) electrons. The third-order valence-electron chi connectivity index (χ3n) is 4.08. The topological polar surface area (TPSA) is 17.3 Å². The Morgan fingerprint density at radius 2 is 1.52 bits per heavy atom. The minimum atomic E-state index is 1.00. The number of aliphatic imine (C=N–C) groups is 1. The van der Waals surface area contributed by atoms with E-state index in [4.69, 9.17) is 0 Å². The zero-order chi connectivity index (χ0) is 16.4. The Bertz CT molecular complexity index is 861. The summed E-state index contributed by atoms with van der Waals surface area (Å²) in [6, 6.07) is 18.6. The lowest BCUT2D eigenvalue weighted by atomic mass is 10.2. The van der Waals surface area contributed by atoms with Crippen molar-refractivity contribution in [1.82, 2.24) is 4.57 Å². The van der Waals surface area contributed by atoms with Gasteiger partial charge in [-0.2, -0.15) is 0 Å². The molecule has 0 N–H and O–H groups in total. The van der Waals surface area contributed by atoms with Gasteiger partial charge in [0.15, 0.2) is 0 Å². The quantitative estimate of drug-likeness (QED) is 0.512. The Morgan fingerprint density at radius 3 is 2.22 bits per heavy atom. The van der Waals surface area contributed by atoms with Crippen molar-refractivity contribution in [2.24, 2.45) is 4.99 Å². The zero-order valence-electron chi connectivity index (χ0n) is 13.5. The second kappa shape index (κ2) is 6.55. The van der Waals surface area contributed by atoms with Crippen LogP contribution in [0.15, 0.2) is 64.1 Å². The van der Waals surface area contributed by atoms with Crippen molar-refractivity contribution >= 4 is 27.8 Å². The predicted molar refractivity (Wildman–Crippen MR) is 101 cm³/mol. The van der Waals surface area contributed by atoms with Crippen LogP contribution in [0.2, 0.25) is 0 Å². The summed E-state index contributed by atoms with van der Waals surface area (Å²) in [5.41, 5.74) is 6.83. The van der Waals surface area contributed by atoms with Crippen molar-refractivity contribution in [1.29, 1.82) is 0 Å². The highest BCUT2D eigenvalue weighted by atomic mass is 79.9. The molecule has 0 atom stereocenters. The molecule has 3 rings (SSSR count). The van der Waals surface area contributed by atoms with E-state index >= 15 is 0 Å². The molecule has 0 amide bonds. The molecule has 1 heterocycles. The van der Waals surface area contributed by atoms with Crippen LogP contribution >= 0.6 is 15.9 Å². The van der Waals surface area contributed by atoms with Crippen molar-refractivity contribution in [2.45, 2.75) is 20.8 Å². The highest BCUT2D eigenvalue weighted by molar-refractivity contribution is 9.10. The molecule has 0 spiro atoms. The average Bonchev–Trinajstić information content (AvgIpc) is 2.78. The Hall–Kier alpha value is -2.13. The van der Waals surface area contributed by atoms with Crippen LogP contribution < -0.4 is 0 Å². The van der Waals surface area contributed by atoms with Gasteiger partial charge in [0.2, 0.25) is 0 Å². The van der Waals surface area contributed by atoms with Crippen LogP contribution in [0.4, 0.5) is 5.69 Å². The Balaban J connectivity index is 2.07. The van der Waals surface area contributed by atoms with Crippen LogP contribution in [0.25, 0.3) is 5.69 Å². The van der Waals surface area contributed by atoms with Gasteiger partial charge in [-0.25, -0.2) is 0 Å². The van der Waals surface area contributed by atoms with Crippen LogP contribution in [0.5, 0.6) is 0 Å². The molecule has 0 saturated heterocycles. The van der Waals surface area contributed by atoms with Gasteiger partial charge in [-0.05, 0) is 60.5 Å². The molecule has 23 heavy (non-hydrogen) atoms. The first-order chi connectivity index (χ1) is 11.1. The number of para-hydroxylation sites is 2. The maximum atomic E-state index is 4.68. The second-order valence-electron chi connectivity index (χ2n) is 5.61. The molecule has 0 fully saturated rings. The van der Waals surface area contributed by atoms with Crippen molar-refractivity contribution in [3.05, 3.63) is 81.6 Å². The van der Waals surface area contributed by atoms with E-state index in [0.717, 1.165) is 15.7 Å². The van der Waals surface area contributed by atoms with Gasteiger partial charge < -0.3 is 4.57 Å². The van der Waals surface area contributed by atoms with Gasteiger partial charge >= 0.3 is 0 Å². The number of benzene rings is 2. The van der Waals surface area contributed by atoms with Crippen LogP contribution in [-0.2, 0) is 0 Å². The summed E-state index contributed by atoms with van der Waals surface area (Å²) < 4.78 is 3.35. The molecule has 0 aliphatic rings. The van der Waals surface area contributed by atoms with Crippen LogP contribution in [0, 0.1) is 20.8 Å². The first-order valence-electron chi connectivity index (χ1n) is 7.62. The van der Waals surface area contributed by atoms with Gasteiger partial charge in [0.25, 0.3) is 0 Å². The number of aromatic nitrogens is 1. The third kappa shape index (κ3) is 3.02. The predicted octanol–water partition coefficient (Wildman–Crippen LogP) is 5.92. The first-order valence-corrected chi connectivity index (χ1v) is 8.41. The summed E-state index contributed by atoms with van der Waals surface area (Å²) >= 11 is 3.73. The lowest BCUT2D eigenvalue weighted by molar-refractivity contribution is 0.962. The Kier molecular flexibility index (Phi) is 4.49. The zero-order valence-corrected chi connectivity index (χ0v) is 15.1. The molecule has 116 valence electrons. The normalized spacial score (nSPS) is 11.3. The van der Waals surface area contributed by atoms with Crippen LogP contribution in [-0.4, -0.2) is 10.8 Å². The summed E-state index contributed by atoms with van der Waals surface area (Å²) in [6.45, 7) is 6.33. The van der Waals surface area contributed by atoms with Gasteiger partial charge in [-0.15, -0.1) is 0 Å². The molecule has 2 aromatic carbocycles. The van der Waals surface area contributed by atoms with E-state index in [1.165, 1.54) is 22.6 Å². The molecule has 3 aromatic rings. The van der Waals surface area contributed by atoms with Crippen molar-refractivity contribution in [2.75, 3.05) is 0 Å². The fourth-order valence-electron chi connectivity index (χ4n) is 2.78. The lowest BCUT2D eigenvalue weighted by Gasteiger charge is -2.08. The van der Waals surface area contributed by atoms with Crippen molar-refractivity contribution < 1.29 is 0 Å². The molecule has 3 heteroatoms. The van der Waals surface area contributed by atoms with E-state index < -0.39 is 0 Å². The number of aryl methyl sites for hydroxylation is 1. The molecule has 0 bridgehead atoms. The van der Waals surface area contributed by atoms with E-state index in [9.17, 15) is 0 Å². The molecule has 0 saturated carbocycles. The fraction of sp³-hybridized carbons (Fsp3) is 0.150. The number of nitrogens with zero attached hydrogens (tertiary/aromatic N) is 2. The smallest absolute Gasteiger partial charge is 0.0659 e. The molecule has 0 aliphatic carbocycles. The number of hydrogen-bond donors (Lipinski definition) is 0. The maximum absolute atomic E-state index is 4.68. The van der Waals surface area contributed by atoms with E-state index in [2.05, 4.69) is 76.6 Å². The van der Waals surface area contributed by atoms with Crippen molar-refractivity contribution in [3.8, 4) is 5.69 Å². The van der Waals surface area contributed by atoms with Crippen LogP contribution in [0.3, 0.4) is 0 Å². The van der Waals surface area contributed by atoms with E-state index in [1.807, 2.05) is 30.5 Å². The minimum absolute atomic E-state index is 1.00. The monoisotopic (exact) mass is 366 g/mol. The van der Waals surface area contributed by atoms with Gasteiger partial charge in [-0.3, -0.25) is 4.99 Å². The van der Waals surface area contributed by atoms with E-state index in [0.29, 0.717) is 0 Å². The molecule has 0 aliphatic heterocycles. The summed E-state index contributed by atoms with van der Waals surface area (Å²) in [6.07, 6.45) is 1.95. The SMILES string of the molecule is Cc1ccccc1N=Cc1c(Br)c(C)n(-c2ccccc2)c1C. The maximum Gasteiger partial charge on any atom is 0.0659 e. The number of rotatable bonds is 3. The third-order valence-corrected chi connectivity index (χ3v) is 5.08. The molecular weight excluding hydrogens is 348 g/mol. The van der Waals surface area contributed by atoms with Gasteiger partial charge in [0.1, 0.15) is 0 Å². The second-order valence-corrected chi connectivity index (χ2v) is 6.41. The van der Waals surface area contributed by atoms with Gasteiger partial charge in [0.05, 0.1) is 5.69 Å². The van der Waals surface area contributed by atoms with Crippen LogP contribution in [0.1, 0.15) is 22.5 Å². The number of hydrogen-bond acceptors (Lipinski definition) is 1. The summed E-state index contributed by atoms with van der Waals surface area (Å²) in [5, 5.41) is 0. The van der Waals surface area contributed by atoms with Gasteiger partial charge in [0, 0.05) is 33.3 Å². The van der Waals surface area contributed by atoms with Gasteiger partial charge in [-0.1, -0.05) is 36.4 Å². The van der Waals surface area contributed by atoms with E-state index in [1.54, 1.807) is 0 Å². The summed E-state index contributed by atoms with van der Waals surface area (Å²) in [5.74, 6) is 0. The summed E-state index contributed by atoms with van der Waals surface area (Å²) in [7, 11) is 0. The Morgan fingerprint density at radius 1 is 0.870 bits per heavy atom. The first kappa shape index (κ1) is 15.8. The fourth-order valence-corrected chi connectivity index (χ4v) is 3.35. The highest BCUT2D eigenvalue weighted by Gasteiger charge is 2.15. The lowest BCUT2D eigenvalue weighted by Crippen LogP contribution is -1.99. The highest BCUT2D eigenvalue weighted by Crippen LogP contribution is 2.30. The Labute approximate surface area is 145 Å². The molecular formula is C20H19BrN2. The largest absolute Gasteiger partial charge is 0.317 e.